The summed E-state index contributed by atoms with van der Waals surface area (Å²) in [5.41, 5.74) is 0. The summed E-state index contributed by atoms with van der Waals surface area (Å²) in [4.78, 5) is 39.7. The Balaban J connectivity index is 1.89. The number of rotatable bonds is 3. The third kappa shape index (κ3) is 3.23. The van der Waals surface area contributed by atoms with Crippen LogP contribution in [0.4, 0.5) is 4.79 Å². The summed E-state index contributed by atoms with van der Waals surface area (Å²) in [6, 6.07) is -0.105. The average molecular weight is 268 g/mol. The molecule has 0 aromatic rings. The molecule has 2 aliphatic rings. The first-order valence-electron chi connectivity index (χ1n) is 6.50. The normalized spacial score (nSPS) is 24.1. The van der Waals surface area contributed by atoms with Crippen molar-refractivity contribution in [1.82, 2.24) is 20.0 Å². The van der Waals surface area contributed by atoms with E-state index < -0.39 is 6.03 Å². The molecule has 106 valence electrons. The highest BCUT2D eigenvalue weighted by Crippen LogP contribution is 2.14. The van der Waals surface area contributed by atoms with Crippen molar-refractivity contribution < 1.29 is 14.4 Å². The van der Waals surface area contributed by atoms with Gasteiger partial charge < -0.3 is 14.7 Å². The van der Waals surface area contributed by atoms with Crippen molar-refractivity contribution in [3.8, 4) is 0 Å². The van der Waals surface area contributed by atoms with Gasteiger partial charge in [0.2, 0.25) is 11.8 Å². The van der Waals surface area contributed by atoms with Gasteiger partial charge in [0.25, 0.3) is 0 Å². The van der Waals surface area contributed by atoms with Crippen LogP contribution in [0.5, 0.6) is 0 Å². The molecular weight excluding hydrogens is 248 g/mol. The lowest BCUT2D eigenvalue weighted by molar-refractivity contribution is -0.133. The lowest BCUT2D eigenvalue weighted by Gasteiger charge is -2.36. The molecule has 0 aromatic heterocycles. The number of nitrogens with zero attached hydrogens (tertiary/aromatic N) is 3. The van der Waals surface area contributed by atoms with Gasteiger partial charge in [0.05, 0.1) is 0 Å². The largest absolute Gasteiger partial charge is 0.340 e. The number of amides is 4. The number of imide groups is 1. The smallest absolute Gasteiger partial charge is 0.325 e. The molecule has 1 N–H and O–H groups in total. The maximum Gasteiger partial charge on any atom is 0.325 e. The molecule has 0 aromatic carbocycles. The van der Waals surface area contributed by atoms with Crippen LogP contribution in [0.3, 0.4) is 0 Å². The van der Waals surface area contributed by atoms with Crippen molar-refractivity contribution in [2.45, 2.75) is 18.9 Å². The van der Waals surface area contributed by atoms with E-state index in [-0.39, 0.29) is 24.9 Å². The first-order chi connectivity index (χ1) is 8.97. The second-order valence-corrected chi connectivity index (χ2v) is 5.31. The zero-order chi connectivity index (χ0) is 14.0. The van der Waals surface area contributed by atoms with E-state index in [9.17, 15) is 14.4 Å². The quantitative estimate of drug-likeness (QED) is 0.673. The van der Waals surface area contributed by atoms with Crippen LogP contribution in [0, 0.1) is 0 Å². The van der Waals surface area contributed by atoms with E-state index >= 15 is 0 Å². The Hall–Kier alpha value is -1.63. The van der Waals surface area contributed by atoms with Gasteiger partial charge in [-0.25, -0.2) is 4.79 Å². The van der Waals surface area contributed by atoms with Gasteiger partial charge in [-0.1, -0.05) is 0 Å². The van der Waals surface area contributed by atoms with E-state index in [0.717, 1.165) is 19.4 Å². The third-order valence-corrected chi connectivity index (χ3v) is 3.67. The van der Waals surface area contributed by atoms with Crippen molar-refractivity contribution >= 4 is 17.8 Å². The van der Waals surface area contributed by atoms with Crippen molar-refractivity contribution in [2.24, 2.45) is 0 Å². The summed E-state index contributed by atoms with van der Waals surface area (Å²) in [6.07, 6.45) is 2.05. The molecule has 7 heteroatoms. The molecule has 0 spiro atoms. The second kappa shape index (κ2) is 5.56. The van der Waals surface area contributed by atoms with E-state index in [1.54, 1.807) is 4.90 Å². The Bertz CT molecular complexity index is 396. The van der Waals surface area contributed by atoms with Gasteiger partial charge in [-0.3, -0.25) is 14.9 Å². The Morgan fingerprint density at radius 2 is 2.16 bits per heavy atom. The number of likely N-dealkylation sites (N-methyl/N-ethyl adjacent to an activating group) is 1. The standard InChI is InChI=1S/C12H20N4O3/c1-14(2)9-4-3-5-15(6-9)11(18)8-16-7-10(17)13-12(16)19/h9H,3-8H2,1-2H3,(H,13,17,19). The van der Waals surface area contributed by atoms with Crippen LogP contribution in [0.25, 0.3) is 0 Å². The van der Waals surface area contributed by atoms with Crippen LogP contribution in [0.15, 0.2) is 0 Å². The van der Waals surface area contributed by atoms with E-state index in [4.69, 9.17) is 0 Å². The zero-order valence-corrected chi connectivity index (χ0v) is 11.4. The Morgan fingerprint density at radius 1 is 1.42 bits per heavy atom. The van der Waals surface area contributed by atoms with E-state index in [0.29, 0.717) is 12.6 Å². The number of piperidine rings is 1. The number of nitrogens with one attached hydrogen (secondary N) is 1. The van der Waals surface area contributed by atoms with Gasteiger partial charge in [-0.05, 0) is 26.9 Å². The molecule has 0 bridgehead atoms. The minimum atomic E-state index is -0.473. The summed E-state index contributed by atoms with van der Waals surface area (Å²) in [5.74, 6) is -0.431. The first-order valence-corrected chi connectivity index (χ1v) is 6.50. The monoisotopic (exact) mass is 268 g/mol. The number of likely N-dealkylation sites (tertiary alicyclic amines) is 1. The first kappa shape index (κ1) is 13.8. The van der Waals surface area contributed by atoms with Crippen LogP contribution in [0.2, 0.25) is 0 Å². The predicted octanol–water partition coefficient (Wildman–Crippen LogP) is -0.909. The number of carbonyl (C=O) groups is 3. The van der Waals surface area contributed by atoms with Crippen LogP contribution in [-0.2, 0) is 9.59 Å². The summed E-state index contributed by atoms with van der Waals surface area (Å²) < 4.78 is 0. The lowest BCUT2D eigenvalue weighted by Crippen LogP contribution is -2.50. The maximum absolute atomic E-state index is 12.1. The van der Waals surface area contributed by atoms with E-state index in [2.05, 4.69) is 10.2 Å². The second-order valence-electron chi connectivity index (χ2n) is 5.31. The minimum Gasteiger partial charge on any atom is -0.340 e. The van der Waals surface area contributed by atoms with E-state index in [1.807, 2.05) is 14.1 Å². The molecule has 2 saturated heterocycles. The van der Waals surface area contributed by atoms with Crippen LogP contribution >= 0.6 is 0 Å². The van der Waals surface area contributed by atoms with Gasteiger partial charge in [0, 0.05) is 19.1 Å². The van der Waals surface area contributed by atoms with Gasteiger partial charge in [0.1, 0.15) is 13.1 Å². The topological polar surface area (TPSA) is 73.0 Å². The van der Waals surface area contributed by atoms with Crippen LogP contribution in [-0.4, -0.2) is 78.9 Å². The zero-order valence-electron chi connectivity index (χ0n) is 11.4. The number of carbonyl (C=O) groups excluding carboxylic acids is 3. The molecule has 19 heavy (non-hydrogen) atoms. The fourth-order valence-corrected chi connectivity index (χ4v) is 2.48. The summed E-state index contributed by atoms with van der Waals surface area (Å²) in [7, 11) is 4.01. The van der Waals surface area contributed by atoms with Crippen molar-refractivity contribution in [3.63, 3.8) is 0 Å². The van der Waals surface area contributed by atoms with Gasteiger partial charge in [-0.15, -0.1) is 0 Å². The third-order valence-electron chi connectivity index (χ3n) is 3.67. The molecule has 4 amide bonds. The number of urea groups is 1. The minimum absolute atomic E-state index is 0.0161. The lowest BCUT2D eigenvalue weighted by atomic mass is 10.0. The highest BCUT2D eigenvalue weighted by Gasteiger charge is 2.31. The fourth-order valence-electron chi connectivity index (χ4n) is 2.48. The number of hydrogen-bond donors (Lipinski definition) is 1. The molecule has 0 saturated carbocycles. The Kier molecular flexibility index (Phi) is 4.04. The molecule has 1 unspecified atom stereocenters. The number of hydrogen-bond acceptors (Lipinski definition) is 4. The van der Waals surface area contributed by atoms with Crippen molar-refractivity contribution in [3.05, 3.63) is 0 Å². The molecule has 2 fully saturated rings. The van der Waals surface area contributed by atoms with Crippen LogP contribution in [0.1, 0.15) is 12.8 Å². The summed E-state index contributed by atoms with van der Waals surface area (Å²) in [5, 5.41) is 2.17. The molecular formula is C12H20N4O3. The van der Waals surface area contributed by atoms with Gasteiger partial charge >= 0.3 is 6.03 Å². The highest BCUT2D eigenvalue weighted by atomic mass is 16.2. The van der Waals surface area contributed by atoms with E-state index in [1.165, 1.54) is 4.90 Å². The van der Waals surface area contributed by atoms with Crippen molar-refractivity contribution in [2.75, 3.05) is 40.3 Å². The predicted molar refractivity (Wildman–Crippen MR) is 68.4 cm³/mol. The van der Waals surface area contributed by atoms with Crippen LogP contribution < -0.4 is 5.32 Å². The molecule has 0 radical (unpaired) electrons. The Morgan fingerprint density at radius 3 is 2.74 bits per heavy atom. The summed E-state index contributed by atoms with van der Waals surface area (Å²) >= 11 is 0. The molecule has 2 rings (SSSR count). The van der Waals surface area contributed by atoms with Crippen molar-refractivity contribution in [1.29, 1.82) is 0 Å². The van der Waals surface area contributed by atoms with Gasteiger partial charge in [-0.2, -0.15) is 0 Å². The summed E-state index contributed by atoms with van der Waals surface area (Å²) in [6.45, 7) is 1.38. The molecule has 2 aliphatic heterocycles. The molecule has 1 atom stereocenters. The molecule has 2 heterocycles. The molecule has 7 nitrogen and oxygen atoms in total. The van der Waals surface area contributed by atoms with Gasteiger partial charge in [0.15, 0.2) is 0 Å². The SMILES string of the molecule is CN(C)C1CCCN(C(=O)CN2CC(=O)NC2=O)C1. The Labute approximate surface area is 112 Å². The highest BCUT2D eigenvalue weighted by molar-refractivity contribution is 6.03. The maximum atomic E-state index is 12.1. The average Bonchev–Trinajstić information content (AvgIpc) is 2.68. The fraction of sp³-hybridized carbons (Fsp3) is 0.750. The molecule has 0 aliphatic carbocycles.